The summed E-state index contributed by atoms with van der Waals surface area (Å²) in [5.41, 5.74) is -2.54. The third kappa shape index (κ3) is 4.72. The molecule has 1 saturated heterocycles. The van der Waals surface area contributed by atoms with Gasteiger partial charge in [0.25, 0.3) is 11.5 Å². The number of rotatable bonds is 4. The quantitative estimate of drug-likeness (QED) is 0.677. The number of aromatic nitrogens is 2. The fraction of sp³-hybridized carbons (Fsp3) is 0.500. The van der Waals surface area contributed by atoms with Gasteiger partial charge in [-0.1, -0.05) is 12.1 Å². The molecule has 2 bridgehead atoms. The van der Waals surface area contributed by atoms with Gasteiger partial charge in [0.05, 0.1) is 19.3 Å². The van der Waals surface area contributed by atoms with Crippen LogP contribution in [0.15, 0.2) is 29.1 Å². The summed E-state index contributed by atoms with van der Waals surface area (Å²) in [5.74, 6) is -1.82. The van der Waals surface area contributed by atoms with Gasteiger partial charge >= 0.3 is 6.09 Å². The molecule has 4 heterocycles. The number of nitrogens with one attached hydrogen (secondary N) is 1. The number of carbonyl (C=O) groups excluding carboxylic acids is 2. The van der Waals surface area contributed by atoms with Gasteiger partial charge in [-0.3, -0.25) is 19.1 Å². The van der Waals surface area contributed by atoms with Crippen LogP contribution in [-0.4, -0.2) is 56.9 Å². The highest BCUT2D eigenvalue weighted by atomic mass is 19.1. The molecule has 3 aliphatic rings. The molecule has 5 rings (SSSR count). The average molecular weight is 489 g/mol. The highest BCUT2D eigenvalue weighted by Gasteiger charge is 2.51. The van der Waals surface area contributed by atoms with E-state index in [1.807, 2.05) is 0 Å². The van der Waals surface area contributed by atoms with Crippen LogP contribution in [0, 0.1) is 5.82 Å². The minimum absolute atomic E-state index is 0.0345. The molecule has 1 fully saturated rings. The summed E-state index contributed by atoms with van der Waals surface area (Å²) in [7, 11) is 1.54. The Morgan fingerprint density at radius 2 is 2.03 bits per heavy atom. The third-order valence-electron chi connectivity index (χ3n) is 6.28. The van der Waals surface area contributed by atoms with Gasteiger partial charge < -0.3 is 19.9 Å². The first-order valence-corrected chi connectivity index (χ1v) is 11.4. The van der Waals surface area contributed by atoms with E-state index in [-0.39, 0.29) is 31.6 Å². The first-order chi connectivity index (χ1) is 16.4. The zero-order chi connectivity index (χ0) is 25.5. The molecule has 188 valence electrons. The van der Waals surface area contributed by atoms with Gasteiger partial charge in [0.2, 0.25) is 5.75 Å². The minimum atomic E-state index is -1.17. The van der Waals surface area contributed by atoms with Crippen molar-refractivity contribution in [1.82, 2.24) is 19.8 Å². The maximum Gasteiger partial charge on any atom is 0.410 e. The number of carbonyl (C=O) groups is 2. The molecule has 0 saturated carbocycles. The van der Waals surface area contributed by atoms with Crippen molar-refractivity contribution in [3.63, 3.8) is 0 Å². The predicted molar refractivity (Wildman–Crippen MR) is 122 cm³/mol. The summed E-state index contributed by atoms with van der Waals surface area (Å²) in [6.45, 7) is 5.46. The van der Waals surface area contributed by atoms with Crippen LogP contribution in [0.25, 0.3) is 0 Å². The second kappa shape index (κ2) is 8.95. The molecule has 0 aliphatic carbocycles. The number of halogens is 1. The van der Waals surface area contributed by atoms with Crippen LogP contribution < -0.4 is 10.9 Å². The number of hydrogen-bond donors (Lipinski definition) is 2. The number of benzene rings is 1. The summed E-state index contributed by atoms with van der Waals surface area (Å²) in [5, 5.41) is 13.2. The predicted octanol–water partition coefficient (Wildman–Crippen LogP) is 2.27. The topological polar surface area (TPSA) is 123 Å². The standard InChI is InChI=1S/C24H29FN4O6/c1-23(2,3)35-22(33)28(4)24-10-9-16(34-13-24)12-29-20(32)18(30)17(27-21(24)29)19(31)26-11-14-5-7-15(25)8-6-14/h5-8,16,30H,9-13H2,1-4H3,(H,26,31). The van der Waals surface area contributed by atoms with E-state index in [9.17, 15) is 23.9 Å². The number of nitrogens with zero attached hydrogens (tertiary/aromatic N) is 3. The van der Waals surface area contributed by atoms with E-state index in [0.717, 1.165) is 0 Å². The Bertz CT molecular complexity index is 1200. The number of ether oxygens (including phenoxy) is 2. The van der Waals surface area contributed by atoms with Crippen molar-refractivity contribution < 1.29 is 28.6 Å². The van der Waals surface area contributed by atoms with Crippen molar-refractivity contribution >= 4 is 12.0 Å². The van der Waals surface area contributed by atoms with E-state index >= 15 is 0 Å². The Balaban J connectivity index is 1.72. The Hall–Kier alpha value is -3.47. The lowest BCUT2D eigenvalue weighted by atomic mass is 9.89. The lowest BCUT2D eigenvalue weighted by Gasteiger charge is -2.43. The zero-order valence-electron chi connectivity index (χ0n) is 20.1. The lowest BCUT2D eigenvalue weighted by molar-refractivity contribution is -0.0813. The van der Waals surface area contributed by atoms with Crippen molar-refractivity contribution in [3.8, 4) is 5.75 Å². The maximum atomic E-state index is 13.1. The van der Waals surface area contributed by atoms with E-state index in [1.54, 1.807) is 27.8 Å². The summed E-state index contributed by atoms with van der Waals surface area (Å²) < 4.78 is 25.9. The molecule has 0 radical (unpaired) electrons. The largest absolute Gasteiger partial charge is 0.501 e. The van der Waals surface area contributed by atoms with E-state index in [0.29, 0.717) is 18.4 Å². The van der Waals surface area contributed by atoms with Gasteiger partial charge in [0.15, 0.2) is 5.69 Å². The summed E-state index contributed by atoms with van der Waals surface area (Å²) in [6.07, 6.45) is 0.0513. The van der Waals surface area contributed by atoms with Crippen molar-refractivity contribution in [1.29, 1.82) is 0 Å². The number of amides is 2. The number of aromatic hydroxyl groups is 1. The molecule has 11 heteroatoms. The zero-order valence-corrected chi connectivity index (χ0v) is 20.1. The van der Waals surface area contributed by atoms with Crippen molar-refractivity contribution in [2.24, 2.45) is 0 Å². The lowest BCUT2D eigenvalue weighted by Crippen LogP contribution is -2.55. The Kier molecular flexibility index (Phi) is 6.31. The molecular weight excluding hydrogens is 459 g/mol. The fourth-order valence-corrected chi connectivity index (χ4v) is 4.35. The molecule has 0 spiro atoms. The molecular formula is C24H29FN4O6. The third-order valence-corrected chi connectivity index (χ3v) is 6.28. The molecule has 1 aromatic heterocycles. The monoisotopic (exact) mass is 488 g/mol. The van der Waals surface area contributed by atoms with Crippen LogP contribution in [0.1, 0.15) is 55.5 Å². The first-order valence-electron chi connectivity index (χ1n) is 11.4. The first kappa shape index (κ1) is 24.6. The van der Waals surface area contributed by atoms with Crippen molar-refractivity contribution in [2.45, 2.75) is 63.9 Å². The number of hydrogen-bond acceptors (Lipinski definition) is 7. The van der Waals surface area contributed by atoms with E-state index in [4.69, 9.17) is 9.47 Å². The van der Waals surface area contributed by atoms with Crippen LogP contribution >= 0.6 is 0 Å². The number of fused-ring (bicyclic) bond motifs is 2. The van der Waals surface area contributed by atoms with Crippen LogP contribution in [0.5, 0.6) is 5.75 Å². The molecule has 1 aromatic carbocycles. The molecule has 2 N–H and O–H groups in total. The van der Waals surface area contributed by atoms with E-state index in [1.165, 1.54) is 33.7 Å². The molecule has 10 nitrogen and oxygen atoms in total. The molecule has 2 amide bonds. The number of likely N-dealkylation sites (N-methyl/N-ethyl adjacent to an activating group) is 1. The van der Waals surface area contributed by atoms with E-state index in [2.05, 4.69) is 10.3 Å². The van der Waals surface area contributed by atoms with Crippen LogP contribution in [0.3, 0.4) is 0 Å². The SMILES string of the molecule is CN(C(=O)OC(C)(C)C)C12CCC(Cn3c1nc(C(=O)NCc1ccc(F)cc1)c(O)c3=O)OC2. The van der Waals surface area contributed by atoms with Gasteiger partial charge in [0.1, 0.15) is 22.8 Å². The normalized spacial score (nSPS) is 21.1. The van der Waals surface area contributed by atoms with Gasteiger partial charge in [0, 0.05) is 13.6 Å². The van der Waals surface area contributed by atoms with Crippen LogP contribution in [-0.2, 0) is 28.1 Å². The Labute approximate surface area is 201 Å². The molecule has 2 aromatic rings. The maximum absolute atomic E-state index is 13.1. The molecule has 2 atom stereocenters. The average Bonchev–Trinajstić information content (AvgIpc) is 3.06. The Morgan fingerprint density at radius 1 is 1.34 bits per heavy atom. The van der Waals surface area contributed by atoms with Crippen LogP contribution in [0.2, 0.25) is 0 Å². The molecule has 35 heavy (non-hydrogen) atoms. The second-order valence-corrected chi connectivity index (χ2v) is 9.90. The summed E-state index contributed by atoms with van der Waals surface area (Å²) in [4.78, 5) is 44.9. The van der Waals surface area contributed by atoms with Gasteiger partial charge in [-0.25, -0.2) is 14.2 Å². The minimum Gasteiger partial charge on any atom is -0.501 e. The molecule has 2 unspecified atom stereocenters. The van der Waals surface area contributed by atoms with Crippen LogP contribution in [0.4, 0.5) is 9.18 Å². The van der Waals surface area contributed by atoms with E-state index < -0.39 is 46.0 Å². The highest BCUT2D eigenvalue weighted by molar-refractivity contribution is 5.94. The highest BCUT2D eigenvalue weighted by Crippen LogP contribution is 2.40. The fourth-order valence-electron chi connectivity index (χ4n) is 4.35. The summed E-state index contributed by atoms with van der Waals surface area (Å²) >= 11 is 0. The van der Waals surface area contributed by atoms with Gasteiger partial charge in [-0.05, 0) is 51.3 Å². The molecule has 3 aliphatic heterocycles. The second-order valence-electron chi connectivity index (χ2n) is 9.90. The van der Waals surface area contributed by atoms with Crippen molar-refractivity contribution in [3.05, 3.63) is 57.5 Å². The van der Waals surface area contributed by atoms with Gasteiger partial charge in [-0.2, -0.15) is 0 Å². The summed E-state index contributed by atoms with van der Waals surface area (Å²) in [6, 6.07) is 5.54. The van der Waals surface area contributed by atoms with Gasteiger partial charge in [-0.15, -0.1) is 0 Å². The van der Waals surface area contributed by atoms with Crippen molar-refractivity contribution in [2.75, 3.05) is 13.7 Å². The Morgan fingerprint density at radius 3 is 2.63 bits per heavy atom. The smallest absolute Gasteiger partial charge is 0.410 e.